The Morgan fingerprint density at radius 3 is 2.64 bits per heavy atom. The molecular formula is C18H27ClN4O2. The minimum atomic E-state index is -0.187. The maximum atomic E-state index is 12.3. The lowest BCUT2D eigenvalue weighted by atomic mass is 9.91. The normalized spacial score (nSPS) is 16.6. The van der Waals surface area contributed by atoms with Crippen molar-refractivity contribution in [1.82, 2.24) is 14.9 Å². The van der Waals surface area contributed by atoms with Crippen molar-refractivity contribution in [2.75, 3.05) is 13.1 Å². The number of imidazole rings is 1. The first-order valence-corrected chi connectivity index (χ1v) is 8.77. The number of aryl methyl sites for hydroxylation is 1. The van der Waals surface area contributed by atoms with Gasteiger partial charge in [0, 0.05) is 25.6 Å². The number of nitrogens with one attached hydrogen (secondary N) is 2. The molecule has 25 heavy (non-hydrogen) atoms. The molecule has 0 saturated carbocycles. The Balaban J connectivity index is 0.00000225. The highest BCUT2D eigenvalue weighted by atomic mass is 35.5. The monoisotopic (exact) mass is 366 g/mol. The lowest BCUT2D eigenvalue weighted by molar-refractivity contribution is -0.132. The lowest BCUT2D eigenvalue weighted by Gasteiger charge is -2.33. The Labute approximate surface area is 153 Å². The zero-order chi connectivity index (χ0) is 17.1. The summed E-state index contributed by atoms with van der Waals surface area (Å²) in [5.41, 5.74) is 8.54. The van der Waals surface area contributed by atoms with Gasteiger partial charge in [-0.3, -0.25) is 4.79 Å². The zero-order valence-corrected chi connectivity index (χ0v) is 15.4. The molecule has 0 bridgehead atoms. The van der Waals surface area contributed by atoms with E-state index in [1.165, 1.54) is 0 Å². The van der Waals surface area contributed by atoms with Crippen LogP contribution in [0.5, 0.6) is 0 Å². The van der Waals surface area contributed by atoms with Crippen molar-refractivity contribution in [2.45, 2.75) is 45.1 Å². The molecule has 0 spiro atoms. The van der Waals surface area contributed by atoms with E-state index in [9.17, 15) is 9.59 Å². The van der Waals surface area contributed by atoms with E-state index in [1.807, 2.05) is 23.1 Å². The summed E-state index contributed by atoms with van der Waals surface area (Å²) in [6, 6.07) is 6.11. The second-order valence-corrected chi connectivity index (χ2v) is 6.89. The third kappa shape index (κ3) is 4.86. The fraction of sp³-hybridized carbons (Fsp3) is 0.556. The molecule has 2 heterocycles. The molecule has 3 rings (SSSR count). The topological polar surface area (TPSA) is 95.0 Å². The molecule has 1 aliphatic heterocycles. The van der Waals surface area contributed by atoms with Gasteiger partial charge in [-0.1, -0.05) is 6.07 Å². The average molecular weight is 367 g/mol. The van der Waals surface area contributed by atoms with Crippen molar-refractivity contribution in [2.24, 2.45) is 11.7 Å². The van der Waals surface area contributed by atoms with Crippen molar-refractivity contribution >= 4 is 29.3 Å². The SMILES string of the molecule is CC(N)C1CCN(C(=O)CCCc2ccc3[nH]c(=O)[nH]c3c2)CC1.Cl. The summed E-state index contributed by atoms with van der Waals surface area (Å²) in [5, 5.41) is 0. The van der Waals surface area contributed by atoms with Crippen molar-refractivity contribution in [3.05, 3.63) is 34.2 Å². The number of nitrogens with zero attached hydrogens (tertiary/aromatic N) is 1. The summed E-state index contributed by atoms with van der Waals surface area (Å²) in [5.74, 6) is 0.790. The van der Waals surface area contributed by atoms with Gasteiger partial charge in [0.15, 0.2) is 0 Å². The van der Waals surface area contributed by atoms with Gasteiger partial charge in [-0.05, 0) is 56.2 Å². The van der Waals surface area contributed by atoms with Gasteiger partial charge in [-0.2, -0.15) is 0 Å². The van der Waals surface area contributed by atoms with Gasteiger partial charge in [-0.15, -0.1) is 12.4 Å². The Hall–Kier alpha value is -1.79. The maximum Gasteiger partial charge on any atom is 0.323 e. The second kappa shape index (κ2) is 8.54. The van der Waals surface area contributed by atoms with Crippen LogP contribution in [0, 0.1) is 5.92 Å². The predicted molar refractivity (Wildman–Crippen MR) is 102 cm³/mol. The molecule has 0 aliphatic carbocycles. The Morgan fingerprint density at radius 1 is 1.28 bits per heavy atom. The minimum Gasteiger partial charge on any atom is -0.343 e. The van der Waals surface area contributed by atoms with E-state index < -0.39 is 0 Å². The Kier molecular flexibility index (Phi) is 6.67. The molecule has 4 N–H and O–H groups in total. The quantitative estimate of drug-likeness (QED) is 0.756. The number of amides is 1. The summed E-state index contributed by atoms with van der Waals surface area (Å²) in [6.07, 6.45) is 4.27. The van der Waals surface area contributed by atoms with Gasteiger partial charge >= 0.3 is 5.69 Å². The van der Waals surface area contributed by atoms with Crippen LogP contribution >= 0.6 is 12.4 Å². The molecule has 0 radical (unpaired) electrons. The Morgan fingerprint density at radius 2 is 1.96 bits per heavy atom. The minimum absolute atomic E-state index is 0. The number of fused-ring (bicyclic) bond motifs is 1. The zero-order valence-electron chi connectivity index (χ0n) is 14.6. The van der Waals surface area contributed by atoms with Gasteiger partial charge in [-0.25, -0.2) is 4.79 Å². The average Bonchev–Trinajstić information content (AvgIpc) is 2.94. The van der Waals surface area contributed by atoms with Gasteiger partial charge < -0.3 is 20.6 Å². The van der Waals surface area contributed by atoms with Crippen LogP contribution in [0.1, 0.15) is 38.2 Å². The molecule has 2 aromatic rings. The van der Waals surface area contributed by atoms with E-state index in [0.717, 1.165) is 55.4 Å². The second-order valence-electron chi connectivity index (χ2n) is 6.89. The maximum absolute atomic E-state index is 12.3. The Bertz CT molecular complexity index is 760. The number of rotatable bonds is 5. The molecule has 1 aromatic carbocycles. The first-order valence-electron chi connectivity index (χ1n) is 8.77. The molecule has 1 saturated heterocycles. The highest BCUT2D eigenvalue weighted by Gasteiger charge is 2.24. The lowest BCUT2D eigenvalue weighted by Crippen LogP contribution is -2.42. The number of H-pyrrole nitrogens is 2. The van der Waals surface area contributed by atoms with Gasteiger partial charge in [0.2, 0.25) is 5.91 Å². The fourth-order valence-electron chi connectivity index (χ4n) is 3.51. The van der Waals surface area contributed by atoms with Gasteiger partial charge in [0.1, 0.15) is 0 Å². The number of likely N-dealkylation sites (tertiary alicyclic amines) is 1. The molecule has 1 fully saturated rings. The number of aromatic nitrogens is 2. The largest absolute Gasteiger partial charge is 0.343 e. The molecule has 7 heteroatoms. The third-order valence-electron chi connectivity index (χ3n) is 5.07. The van der Waals surface area contributed by atoms with Crippen LogP contribution in [0.15, 0.2) is 23.0 Å². The van der Waals surface area contributed by atoms with Crippen LogP contribution in [-0.4, -0.2) is 39.9 Å². The molecule has 1 aliphatic rings. The van der Waals surface area contributed by atoms with Crippen LogP contribution in [0.2, 0.25) is 0 Å². The smallest absolute Gasteiger partial charge is 0.323 e. The summed E-state index contributed by atoms with van der Waals surface area (Å²) in [7, 11) is 0. The van der Waals surface area contributed by atoms with Crippen LogP contribution in [0.25, 0.3) is 11.0 Å². The number of halogens is 1. The van der Waals surface area contributed by atoms with Crippen LogP contribution in [0.4, 0.5) is 0 Å². The number of aromatic amines is 2. The van der Waals surface area contributed by atoms with E-state index in [2.05, 4.69) is 16.9 Å². The molecule has 1 unspecified atom stereocenters. The van der Waals surface area contributed by atoms with Crippen LogP contribution < -0.4 is 11.4 Å². The third-order valence-corrected chi connectivity index (χ3v) is 5.07. The molecule has 1 aromatic heterocycles. The summed E-state index contributed by atoms with van der Waals surface area (Å²) >= 11 is 0. The van der Waals surface area contributed by atoms with Crippen LogP contribution in [-0.2, 0) is 11.2 Å². The first kappa shape index (κ1) is 19.5. The predicted octanol–water partition coefficient (Wildman–Crippen LogP) is 2.19. The van der Waals surface area contributed by atoms with Crippen molar-refractivity contribution in [1.29, 1.82) is 0 Å². The number of piperidine rings is 1. The molecular weight excluding hydrogens is 340 g/mol. The number of carbonyl (C=O) groups is 1. The van der Waals surface area contributed by atoms with E-state index in [1.54, 1.807) is 0 Å². The van der Waals surface area contributed by atoms with Gasteiger partial charge in [0.25, 0.3) is 0 Å². The highest BCUT2D eigenvalue weighted by Crippen LogP contribution is 2.20. The molecule has 1 atom stereocenters. The molecule has 138 valence electrons. The van der Waals surface area contributed by atoms with Gasteiger partial charge in [0.05, 0.1) is 11.0 Å². The number of nitrogens with two attached hydrogens (primary N) is 1. The fourth-order valence-corrected chi connectivity index (χ4v) is 3.51. The molecule has 1 amide bonds. The molecule has 6 nitrogen and oxygen atoms in total. The van der Waals surface area contributed by atoms with E-state index >= 15 is 0 Å². The number of benzene rings is 1. The number of carbonyl (C=O) groups excluding carboxylic acids is 1. The van der Waals surface area contributed by atoms with E-state index in [-0.39, 0.29) is 30.0 Å². The summed E-state index contributed by atoms with van der Waals surface area (Å²) in [4.78, 5) is 31.1. The number of hydrogen-bond donors (Lipinski definition) is 3. The van der Waals surface area contributed by atoms with E-state index in [4.69, 9.17) is 5.73 Å². The van der Waals surface area contributed by atoms with Crippen molar-refractivity contribution < 1.29 is 4.79 Å². The first-order chi connectivity index (χ1) is 11.5. The van der Waals surface area contributed by atoms with Crippen molar-refractivity contribution in [3.8, 4) is 0 Å². The highest BCUT2D eigenvalue weighted by molar-refractivity contribution is 5.85. The van der Waals surface area contributed by atoms with Crippen molar-refractivity contribution in [3.63, 3.8) is 0 Å². The number of hydrogen-bond acceptors (Lipinski definition) is 3. The standard InChI is InChI=1S/C18H26N4O2.ClH/c1-12(19)14-7-9-22(10-8-14)17(23)4-2-3-13-5-6-15-16(11-13)21-18(24)20-15;/h5-6,11-12,14H,2-4,7-10,19H2,1H3,(H2,20,21,24);1H. The van der Waals surface area contributed by atoms with E-state index in [0.29, 0.717) is 12.3 Å². The summed E-state index contributed by atoms with van der Waals surface area (Å²) in [6.45, 7) is 3.72. The van der Waals surface area contributed by atoms with Crippen LogP contribution in [0.3, 0.4) is 0 Å². The summed E-state index contributed by atoms with van der Waals surface area (Å²) < 4.78 is 0.